The Balaban J connectivity index is 1.99. The Bertz CT molecular complexity index is 417. The monoisotopic (exact) mass is 296 g/mol. The molecular formula is C16H25ClN2O. The minimum atomic E-state index is 0.514. The van der Waals surface area contributed by atoms with Gasteiger partial charge in [0.1, 0.15) is 5.75 Å². The standard InChI is InChI=1S/C16H25ClN2O/c1-3-11-20-16-6-5-13(17)12-15(16)18-14-7-9-19(4-2)10-8-14/h5-6,12,14,18H,3-4,7-11H2,1-2H3. The predicted octanol–water partition coefficient (Wildman–Crippen LogP) is 4.03. The third-order valence-electron chi connectivity index (χ3n) is 3.80. The highest BCUT2D eigenvalue weighted by Crippen LogP contribution is 2.30. The van der Waals surface area contributed by atoms with E-state index in [-0.39, 0.29) is 0 Å². The maximum absolute atomic E-state index is 6.11. The minimum absolute atomic E-state index is 0.514. The van der Waals surface area contributed by atoms with Crippen LogP contribution in [0.3, 0.4) is 0 Å². The molecule has 0 spiro atoms. The molecule has 1 heterocycles. The Labute approximate surface area is 127 Å². The van der Waals surface area contributed by atoms with Gasteiger partial charge in [-0.1, -0.05) is 25.4 Å². The van der Waals surface area contributed by atoms with Crippen LogP contribution in [0.5, 0.6) is 5.75 Å². The molecule has 3 nitrogen and oxygen atoms in total. The number of hydrogen-bond donors (Lipinski definition) is 1. The van der Waals surface area contributed by atoms with E-state index in [4.69, 9.17) is 16.3 Å². The second-order valence-corrected chi connectivity index (χ2v) is 5.78. The van der Waals surface area contributed by atoms with Crippen LogP contribution in [0.1, 0.15) is 33.1 Å². The summed E-state index contributed by atoms with van der Waals surface area (Å²) in [6.07, 6.45) is 3.36. The molecule has 0 radical (unpaired) electrons. The Morgan fingerprint density at radius 1 is 1.30 bits per heavy atom. The molecule has 4 heteroatoms. The van der Waals surface area contributed by atoms with Crippen molar-refractivity contribution in [3.05, 3.63) is 23.2 Å². The average molecular weight is 297 g/mol. The predicted molar refractivity (Wildman–Crippen MR) is 86.0 cm³/mol. The zero-order valence-corrected chi connectivity index (χ0v) is 13.2. The van der Waals surface area contributed by atoms with Crippen molar-refractivity contribution in [2.24, 2.45) is 0 Å². The molecule has 0 aliphatic carbocycles. The summed E-state index contributed by atoms with van der Waals surface area (Å²) in [4.78, 5) is 2.49. The van der Waals surface area contributed by atoms with Crippen LogP contribution in [0, 0.1) is 0 Å². The molecule has 1 aliphatic heterocycles. The van der Waals surface area contributed by atoms with Gasteiger partial charge in [-0.15, -0.1) is 0 Å². The second-order valence-electron chi connectivity index (χ2n) is 5.34. The maximum Gasteiger partial charge on any atom is 0.142 e. The van der Waals surface area contributed by atoms with Gasteiger partial charge in [0.15, 0.2) is 0 Å². The number of nitrogens with one attached hydrogen (secondary N) is 1. The summed E-state index contributed by atoms with van der Waals surface area (Å²) in [5.41, 5.74) is 1.03. The molecule has 0 bridgehead atoms. The summed E-state index contributed by atoms with van der Waals surface area (Å²) in [6.45, 7) is 8.56. The number of hydrogen-bond acceptors (Lipinski definition) is 3. The van der Waals surface area contributed by atoms with E-state index < -0.39 is 0 Å². The SMILES string of the molecule is CCCOc1ccc(Cl)cc1NC1CCN(CC)CC1. The molecule has 1 aromatic rings. The molecule has 0 amide bonds. The minimum Gasteiger partial charge on any atom is -0.491 e. The van der Waals surface area contributed by atoms with E-state index in [0.717, 1.165) is 36.0 Å². The first-order valence-corrected chi connectivity index (χ1v) is 8.02. The third-order valence-corrected chi connectivity index (χ3v) is 4.03. The highest BCUT2D eigenvalue weighted by Gasteiger charge is 2.19. The Kier molecular flexibility index (Phi) is 5.99. The molecule has 112 valence electrons. The average Bonchev–Trinajstić information content (AvgIpc) is 2.47. The van der Waals surface area contributed by atoms with Gasteiger partial charge < -0.3 is 15.0 Å². The van der Waals surface area contributed by atoms with Crippen molar-refractivity contribution in [1.29, 1.82) is 0 Å². The summed E-state index contributed by atoms with van der Waals surface area (Å²) in [5, 5.41) is 4.36. The summed E-state index contributed by atoms with van der Waals surface area (Å²) < 4.78 is 5.79. The first-order chi connectivity index (χ1) is 9.72. The van der Waals surface area contributed by atoms with E-state index in [1.165, 1.54) is 25.9 Å². The van der Waals surface area contributed by atoms with Crippen molar-refractivity contribution < 1.29 is 4.74 Å². The number of likely N-dealkylation sites (tertiary alicyclic amines) is 1. The summed E-state index contributed by atoms with van der Waals surface area (Å²) in [6, 6.07) is 6.33. The van der Waals surface area contributed by atoms with Crippen LogP contribution >= 0.6 is 11.6 Å². The first kappa shape index (κ1) is 15.5. The number of ether oxygens (including phenoxy) is 1. The fourth-order valence-corrected chi connectivity index (χ4v) is 2.74. The van der Waals surface area contributed by atoms with Crippen LogP contribution in [0.25, 0.3) is 0 Å². The van der Waals surface area contributed by atoms with E-state index >= 15 is 0 Å². The largest absolute Gasteiger partial charge is 0.491 e. The van der Waals surface area contributed by atoms with Crippen molar-refractivity contribution in [2.75, 3.05) is 31.6 Å². The number of halogens is 1. The van der Waals surface area contributed by atoms with Crippen LogP contribution < -0.4 is 10.1 Å². The number of nitrogens with zero attached hydrogens (tertiary/aromatic N) is 1. The van der Waals surface area contributed by atoms with Gasteiger partial charge in [0, 0.05) is 24.2 Å². The van der Waals surface area contributed by atoms with Gasteiger partial charge in [0.05, 0.1) is 12.3 Å². The van der Waals surface area contributed by atoms with E-state index in [2.05, 4.69) is 24.1 Å². The van der Waals surface area contributed by atoms with Crippen LogP contribution in [-0.2, 0) is 0 Å². The van der Waals surface area contributed by atoms with Crippen molar-refractivity contribution in [3.63, 3.8) is 0 Å². The van der Waals surface area contributed by atoms with Crippen LogP contribution in [0.4, 0.5) is 5.69 Å². The molecule has 1 aromatic carbocycles. The Morgan fingerprint density at radius 2 is 2.05 bits per heavy atom. The van der Waals surface area contributed by atoms with Crippen LogP contribution in [-0.4, -0.2) is 37.2 Å². The van der Waals surface area contributed by atoms with E-state index in [9.17, 15) is 0 Å². The highest BCUT2D eigenvalue weighted by atomic mass is 35.5. The summed E-state index contributed by atoms with van der Waals surface area (Å²) in [7, 11) is 0. The van der Waals surface area contributed by atoms with Gasteiger partial charge in [-0.2, -0.15) is 0 Å². The lowest BCUT2D eigenvalue weighted by Gasteiger charge is -2.32. The van der Waals surface area contributed by atoms with Crippen molar-refractivity contribution in [1.82, 2.24) is 4.90 Å². The zero-order chi connectivity index (χ0) is 14.4. The molecule has 2 rings (SSSR count). The number of piperidine rings is 1. The lowest BCUT2D eigenvalue weighted by Crippen LogP contribution is -2.38. The molecule has 20 heavy (non-hydrogen) atoms. The van der Waals surface area contributed by atoms with Crippen LogP contribution in [0.2, 0.25) is 5.02 Å². The molecule has 1 N–H and O–H groups in total. The topological polar surface area (TPSA) is 24.5 Å². The van der Waals surface area contributed by atoms with Crippen molar-refractivity contribution in [3.8, 4) is 5.75 Å². The van der Waals surface area contributed by atoms with Gasteiger partial charge in [0.2, 0.25) is 0 Å². The first-order valence-electron chi connectivity index (χ1n) is 7.64. The van der Waals surface area contributed by atoms with Gasteiger partial charge in [-0.25, -0.2) is 0 Å². The van der Waals surface area contributed by atoms with Crippen molar-refractivity contribution >= 4 is 17.3 Å². The van der Waals surface area contributed by atoms with Crippen LogP contribution in [0.15, 0.2) is 18.2 Å². The summed E-state index contributed by atoms with van der Waals surface area (Å²) >= 11 is 6.11. The van der Waals surface area contributed by atoms with E-state index in [1.807, 2.05) is 18.2 Å². The molecule has 1 fully saturated rings. The van der Waals surface area contributed by atoms with Gasteiger partial charge >= 0.3 is 0 Å². The molecular weight excluding hydrogens is 272 g/mol. The molecule has 0 atom stereocenters. The molecule has 0 saturated carbocycles. The summed E-state index contributed by atoms with van der Waals surface area (Å²) in [5.74, 6) is 0.911. The normalized spacial score (nSPS) is 17.1. The Hall–Kier alpha value is -0.930. The maximum atomic E-state index is 6.11. The smallest absolute Gasteiger partial charge is 0.142 e. The number of anilines is 1. The Morgan fingerprint density at radius 3 is 2.70 bits per heavy atom. The number of rotatable bonds is 6. The fraction of sp³-hybridized carbons (Fsp3) is 0.625. The highest BCUT2D eigenvalue weighted by molar-refractivity contribution is 6.30. The third kappa shape index (κ3) is 4.29. The molecule has 0 unspecified atom stereocenters. The van der Waals surface area contributed by atoms with E-state index in [0.29, 0.717) is 6.04 Å². The second kappa shape index (κ2) is 7.75. The van der Waals surface area contributed by atoms with Gasteiger partial charge in [0.25, 0.3) is 0 Å². The number of benzene rings is 1. The van der Waals surface area contributed by atoms with Crippen molar-refractivity contribution in [2.45, 2.75) is 39.2 Å². The quantitative estimate of drug-likeness (QED) is 0.858. The molecule has 0 aromatic heterocycles. The van der Waals surface area contributed by atoms with Gasteiger partial charge in [-0.3, -0.25) is 0 Å². The van der Waals surface area contributed by atoms with Gasteiger partial charge in [-0.05, 0) is 44.0 Å². The van der Waals surface area contributed by atoms with E-state index in [1.54, 1.807) is 0 Å². The molecule has 1 aliphatic rings. The molecule has 1 saturated heterocycles. The lowest BCUT2D eigenvalue weighted by atomic mass is 10.0. The zero-order valence-electron chi connectivity index (χ0n) is 12.5. The fourth-order valence-electron chi connectivity index (χ4n) is 2.57. The lowest BCUT2D eigenvalue weighted by molar-refractivity contribution is 0.229.